The molecule has 5 N–H and O–H groups in total. The summed E-state index contributed by atoms with van der Waals surface area (Å²) in [5, 5.41) is 23.7. The minimum Gasteiger partial charge on any atom is -0.722 e. The van der Waals surface area contributed by atoms with Crippen molar-refractivity contribution in [3.8, 4) is 11.5 Å². The summed E-state index contributed by atoms with van der Waals surface area (Å²) in [5.74, 6) is -0.177. The fraction of sp³-hybridized carbons (Fsp3) is 0.111. The number of phenolic OH excluding ortho intramolecular Hbond substituents is 1. The smallest absolute Gasteiger partial charge is 0.366 e. The van der Waals surface area contributed by atoms with Crippen LogP contribution in [0.2, 0.25) is 0 Å². The Hall–Kier alpha value is -2.44. The predicted molar refractivity (Wildman–Crippen MR) is 59.3 cm³/mol. The molecular formula is C9H12N4O3. The van der Waals surface area contributed by atoms with Crippen LogP contribution < -0.4 is 16.2 Å². The van der Waals surface area contributed by atoms with Crippen LogP contribution in [0.5, 0.6) is 11.5 Å². The van der Waals surface area contributed by atoms with Crippen molar-refractivity contribution in [3.05, 3.63) is 29.0 Å². The average Bonchev–Trinajstić information content (AvgIpc) is 2.25. The Morgan fingerprint density at radius 2 is 2.25 bits per heavy atom. The summed E-state index contributed by atoms with van der Waals surface area (Å²) in [6, 6.07) is 4.55. The largest absolute Gasteiger partial charge is 0.722 e. The number of rotatable bonds is 3. The Labute approximate surface area is 91.8 Å². The molecule has 0 aliphatic carbocycles. The minimum atomic E-state index is -0.464. The van der Waals surface area contributed by atoms with Gasteiger partial charge in [-0.25, -0.2) is 0 Å². The molecule has 0 saturated heterocycles. The van der Waals surface area contributed by atoms with Crippen LogP contribution in [0.15, 0.2) is 23.3 Å². The molecule has 86 valence electrons. The Balaban J connectivity index is 2.92. The van der Waals surface area contributed by atoms with Gasteiger partial charge in [-0.15, -0.1) is 9.95 Å². The number of hydrazone groups is 1. The molecule has 7 nitrogen and oxygen atoms in total. The number of aromatic hydroxyl groups is 1. The highest BCUT2D eigenvalue weighted by Crippen LogP contribution is 2.25. The molecule has 0 unspecified atom stereocenters. The van der Waals surface area contributed by atoms with Crippen LogP contribution in [0.3, 0.4) is 0 Å². The van der Waals surface area contributed by atoms with E-state index in [2.05, 4.69) is 5.10 Å². The lowest BCUT2D eigenvalue weighted by Gasteiger charge is -2.04. The highest BCUT2D eigenvalue weighted by molar-refractivity contribution is 5.80. The van der Waals surface area contributed by atoms with Crippen molar-refractivity contribution >= 4 is 12.2 Å². The SMILES string of the molecule is COc1ccc(C=N[N+]([O-])=C(N)N)cc1O. The highest BCUT2D eigenvalue weighted by Gasteiger charge is 2.00. The van der Waals surface area contributed by atoms with Crippen molar-refractivity contribution in [3.63, 3.8) is 0 Å². The van der Waals surface area contributed by atoms with E-state index >= 15 is 0 Å². The van der Waals surface area contributed by atoms with E-state index in [-0.39, 0.29) is 10.6 Å². The lowest BCUT2D eigenvalue weighted by atomic mass is 10.2. The second-order valence-electron chi connectivity index (χ2n) is 2.87. The third-order valence-corrected chi connectivity index (χ3v) is 1.74. The molecule has 0 saturated carbocycles. The zero-order valence-electron chi connectivity index (χ0n) is 8.62. The molecule has 0 fully saturated rings. The van der Waals surface area contributed by atoms with Crippen LogP contribution in [0.25, 0.3) is 0 Å². The summed E-state index contributed by atoms with van der Waals surface area (Å²) in [5.41, 5.74) is 10.5. The molecule has 0 amide bonds. The number of methoxy groups -OCH3 is 1. The van der Waals surface area contributed by atoms with E-state index in [1.165, 1.54) is 19.4 Å². The quantitative estimate of drug-likeness (QED) is 0.210. The van der Waals surface area contributed by atoms with E-state index in [0.717, 1.165) is 0 Å². The minimum absolute atomic E-state index is 0.0476. The summed E-state index contributed by atoms with van der Waals surface area (Å²) in [6.07, 6.45) is 1.21. The van der Waals surface area contributed by atoms with E-state index in [1.807, 2.05) is 0 Å². The molecule has 0 heterocycles. The average molecular weight is 224 g/mol. The molecule has 0 atom stereocenters. The van der Waals surface area contributed by atoms with E-state index in [0.29, 0.717) is 11.3 Å². The number of hydrogen-bond donors (Lipinski definition) is 3. The number of ether oxygens (including phenoxy) is 1. The van der Waals surface area contributed by atoms with E-state index in [4.69, 9.17) is 16.2 Å². The molecular weight excluding hydrogens is 212 g/mol. The normalized spacial score (nSPS) is 10.3. The predicted octanol–water partition coefficient (Wildman–Crippen LogP) is -0.482. The standard InChI is InChI=1S/C9H12N4O3/c1-16-8-3-2-6(4-7(8)14)5-12-13(15)9(10)11/h2-5,14H,10-11H2,1H3. The number of phenols is 1. The summed E-state index contributed by atoms with van der Waals surface area (Å²) in [4.78, 5) is 0.0707. The van der Waals surface area contributed by atoms with Gasteiger partial charge >= 0.3 is 5.96 Å². The van der Waals surface area contributed by atoms with Gasteiger partial charge in [-0.2, -0.15) is 0 Å². The molecule has 0 radical (unpaired) electrons. The van der Waals surface area contributed by atoms with Crippen molar-refractivity contribution in [1.82, 2.24) is 0 Å². The van der Waals surface area contributed by atoms with E-state index < -0.39 is 5.96 Å². The lowest BCUT2D eigenvalue weighted by Crippen LogP contribution is -2.30. The maximum atomic E-state index is 10.9. The Morgan fingerprint density at radius 3 is 2.75 bits per heavy atom. The van der Waals surface area contributed by atoms with Gasteiger partial charge in [-0.05, 0) is 23.8 Å². The van der Waals surface area contributed by atoms with Crippen molar-refractivity contribution in [2.24, 2.45) is 16.6 Å². The first-order chi connectivity index (χ1) is 7.54. The first-order valence-electron chi connectivity index (χ1n) is 4.30. The zero-order valence-corrected chi connectivity index (χ0v) is 8.62. The first kappa shape index (κ1) is 11.6. The van der Waals surface area contributed by atoms with Gasteiger partial charge in [0.25, 0.3) is 0 Å². The molecule has 0 aliphatic rings. The Kier molecular flexibility index (Phi) is 3.54. The molecule has 1 aromatic carbocycles. The van der Waals surface area contributed by atoms with Gasteiger partial charge in [0.05, 0.1) is 13.3 Å². The third-order valence-electron chi connectivity index (χ3n) is 1.74. The first-order valence-corrected chi connectivity index (χ1v) is 4.30. The van der Waals surface area contributed by atoms with Gasteiger partial charge in [-0.1, -0.05) is 0 Å². The van der Waals surface area contributed by atoms with Gasteiger partial charge < -0.3 is 15.1 Å². The van der Waals surface area contributed by atoms with Crippen LogP contribution >= 0.6 is 0 Å². The maximum absolute atomic E-state index is 10.9. The van der Waals surface area contributed by atoms with Gasteiger partial charge in [0.2, 0.25) is 0 Å². The van der Waals surface area contributed by atoms with E-state index in [1.54, 1.807) is 12.1 Å². The number of guanidine groups is 1. The van der Waals surface area contributed by atoms with Crippen LogP contribution in [0, 0.1) is 5.21 Å². The van der Waals surface area contributed by atoms with Crippen LogP contribution in [-0.2, 0) is 0 Å². The van der Waals surface area contributed by atoms with Crippen molar-refractivity contribution < 1.29 is 14.7 Å². The third kappa shape index (κ3) is 2.77. The van der Waals surface area contributed by atoms with Crippen LogP contribution in [-0.4, -0.2) is 29.2 Å². The summed E-state index contributed by atoms with van der Waals surface area (Å²) in [7, 11) is 1.44. The van der Waals surface area contributed by atoms with Crippen LogP contribution in [0.1, 0.15) is 5.56 Å². The molecule has 0 aliphatic heterocycles. The van der Waals surface area contributed by atoms with Gasteiger partial charge in [0.15, 0.2) is 11.5 Å². The Morgan fingerprint density at radius 1 is 1.56 bits per heavy atom. The summed E-state index contributed by atoms with van der Waals surface area (Å²) < 4.78 is 4.85. The van der Waals surface area contributed by atoms with Gasteiger partial charge in [-0.3, -0.25) is 11.5 Å². The number of benzene rings is 1. The Bertz CT molecular complexity index is 438. The van der Waals surface area contributed by atoms with Gasteiger partial charge in [0.1, 0.15) is 0 Å². The summed E-state index contributed by atoms with van der Waals surface area (Å²) in [6.45, 7) is 0. The zero-order chi connectivity index (χ0) is 12.1. The molecule has 1 rings (SSSR count). The number of hydrogen-bond acceptors (Lipinski definition) is 4. The fourth-order valence-electron chi connectivity index (χ4n) is 0.973. The van der Waals surface area contributed by atoms with Crippen molar-refractivity contribution in [2.45, 2.75) is 0 Å². The molecule has 0 aromatic heterocycles. The highest BCUT2D eigenvalue weighted by atomic mass is 16.5. The molecule has 0 bridgehead atoms. The second kappa shape index (κ2) is 4.87. The van der Waals surface area contributed by atoms with Gasteiger partial charge in [0, 0.05) is 0 Å². The second-order valence-corrected chi connectivity index (χ2v) is 2.87. The monoisotopic (exact) mass is 224 g/mol. The molecule has 16 heavy (non-hydrogen) atoms. The maximum Gasteiger partial charge on any atom is 0.366 e. The van der Waals surface area contributed by atoms with Crippen LogP contribution in [0.4, 0.5) is 0 Å². The van der Waals surface area contributed by atoms with Crippen molar-refractivity contribution in [1.29, 1.82) is 0 Å². The van der Waals surface area contributed by atoms with E-state index in [9.17, 15) is 10.3 Å². The topological polar surface area (TPSA) is 120 Å². The number of nitrogens with zero attached hydrogens (tertiary/aromatic N) is 2. The fourth-order valence-corrected chi connectivity index (χ4v) is 0.973. The van der Waals surface area contributed by atoms with Crippen molar-refractivity contribution in [2.75, 3.05) is 7.11 Å². The number of nitrogens with two attached hydrogens (primary N) is 2. The molecule has 0 spiro atoms. The summed E-state index contributed by atoms with van der Waals surface area (Å²) >= 11 is 0. The molecule has 7 heteroatoms. The molecule has 1 aromatic rings. The lowest BCUT2D eigenvalue weighted by molar-refractivity contribution is -0.463.